The minimum Gasteiger partial charge on any atom is -0.504 e. The quantitative estimate of drug-likeness (QED) is 0.0752. The van der Waals surface area contributed by atoms with Gasteiger partial charge in [0.15, 0.2) is 23.0 Å². The molecule has 1 heterocycles. The highest BCUT2D eigenvalue weighted by molar-refractivity contribution is 5.91. The lowest BCUT2D eigenvalue weighted by Gasteiger charge is -2.32. The molecular formula is C31H43N3O9. The van der Waals surface area contributed by atoms with Gasteiger partial charge in [-0.15, -0.1) is 0 Å². The molecule has 1 aliphatic rings. The summed E-state index contributed by atoms with van der Waals surface area (Å²) in [7, 11) is 0. The van der Waals surface area contributed by atoms with E-state index in [1.165, 1.54) is 18.2 Å². The van der Waals surface area contributed by atoms with Gasteiger partial charge in [0.05, 0.1) is 18.8 Å². The van der Waals surface area contributed by atoms with E-state index in [0.29, 0.717) is 31.5 Å². The van der Waals surface area contributed by atoms with Gasteiger partial charge in [-0.25, -0.2) is 0 Å². The third-order valence-electron chi connectivity index (χ3n) is 6.83. The molecule has 12 heteroatoms. The maximum Gasteiger partial charge on any atom is 0.243 e. The molecule has 1 fully saturated rings. The molecule has 2 aromatic rings. The maximum absolute atomic E-state index is 12.2. The van der Waals surface area contributed by atoms with E-state index in [-0.39, 0.29) is 54.3 Å². The number of amides is 2. The second kappa shape index (κ2) is 18.0. The summed E-state index contributed by atoms with van der Waals surface area (Å²) in [6.45, 7) is 2.42. The fraction of sp³-hybridized carbons (Fsp3) is 0.484. The van der Waals surface area contributed by atoms with Crippen LogP contribution in [0.4, 0.5) is 0 Å². The molecule has 0 bridgehead atoms. The number of ether oxygens (including phenoxy) is 2. The summed E-state index contributed by atoms with van der Waals surface area (Å²) in [6.07, 6.45) is 4.80. The number of unbranched alkanes of at least 4 members (excludes halogenated alkanes) is 1. The zero-order valence-corrected chi connectivity index (χ0v) is 24.2. The molecule has 1 saturated heterocycles. The Kier molecular flexibility index (Phi) is 14.1. The predicted octanol–water partition coefficient (Wildman–Crippen LogP) is 1.68. The minimum atomic E-state index is -0.768. The molecule has 2 amide bonds. The van der Waals surface area contributed by atoms with E-state index >= 15 is 0 Å². The first-order valence-corrected chi connectivity index (χ1v) is 14.6. The van der Waals surface area contributed by atoms with Gasteiger partial charge in [0.2, 0.25) is 18.1 Å². The number of benzene rings is 2. The van der Waals surface area contributed by atoms with Crippen molar-refractivity contribution in [1.82, 2.24) is 16.0 Å². The molecular weight excluding hydrogens is 558 g/mol. The number of hydrogen-bond donors (Lipinski definition) is 8. The van der Waals surface area contributed by atoms with Crippen molar-refractivity contribution in [2.24, 2.45) is 0 Å². The number of aliphatic hydroxyl groups excluding tert-OH is 2. The van der Waals surface area contributed by atoms with Crippen molar-refractivity contribution in [3.63, 3.8) is 0 Å². The minimum absolute atomic E-state index is 0.0774. The Morgan fingerprint density at radius 2 is 1.67 bits per heavy atom. The van der Waals surface area contributed by atoms with Crippen molar-refractivity contribution in [3.8, 4) is 23.0 Å². The number of aliphatic hydroxyl groups is 2. The van der Waals surface area contributed by atoms with Gasteiger partial charge in [0, 0.05) is 38.4 Å². The van der Waals surface area contributed by atoms with Crippen LogP contribution in [0.5, 0.6) is 23.0 Å². The summed E-state index contributed by atoms with van der Waals surface area (Å²) >= 11 is 0. The van der Waals surface area contributed by atoms with E-state index < -0.39 is 18.5 Å². The van der Waals surface area contributed by atoms with Gasteiger partial charge < -0.3 is 51.0 Å². The molecule has 0 radical (unpaired) electrons. The molecule has 3 rings (SSSR count). The normalized spacial score (nSPS) is 18.4. The summed E-state index contributed by atoms with van der Waals surface area (Å²) in [5.41, 5.74) is 1.39. The van der Waals surface area contributed by atoms with Gasteiger partial charge in [0.1, 0.15) is 0 Å². The van der Waals surface area contributed by atoms with Crippen LogP contribution >= 0.6 is 0 Å². The number of nitrogens with one attached hydrogen (secondary N) is 3. The van der Waals surface area contributed by atoms with Crippen molar-refractivity contribution in [3.05, 3.63) is 53.6 Å². The number of aryl methyl sites for hydroxylation is 1. The molecule has 0 spiro atoms. The fourth-order valence-electron chi connectivity index (χ4n) is 4.47. The number of carbonyl (C=O) groups excluding carboxylic acids is 2. The maximum atomic E-state index is 12.2. The average Bonchev–Trinajstić information content (AvgIpc) is 2.98. The van der Waals surface area contributed by atoms with E-state index in [1.54, 1.807) is 30.3 Å². The largest absolute Gasteiger partial charge is 0.504 e. The molecule has 3 atom stereocenters. The second-order valence-corrected chi connectivity index (χ2v) is 10.4. The number of aromatic hydroxyl groups is 3. The molecule has 43 heavy (non-hydrogen) atoms. The van der Waals surface area contributed by atoms with Gasteiger partial charge in [-0.05, 0) is 80.2 Å². The van der Waals surface area contributed by atoms with Crippen LogP contribution in [-0.2, 0) is 20.7 Å². The SMILES string of the molecule is O=C(/C=C/c1ccc(O)c(O)c1)NCCCCNCCCNC(=O)CCc1ccc(OC2CC(O)C[C@@H](CO)O2)c(O)c1. The van der Waals surface area contributed by atoms with Gasteiger partial charge in [-0.3, -0.25) is 9.59 Å². The number of hydrogen-bond acceptors (Lipinski definition) is 10. The summed E-state index contributed by atoms with van der Waals surface area (Å²) in [6, 6.07) is 9.24. The highest BCUT2D eigenvalue weighted by Gasteiger charge is 2.29. The smallest absolute Gasteiger partial charge is 0.243 e. The molecule has 1 aliphatic heterocycles. The molecule has 0 aliphatic carbocycles. The topological polar surface area (TPSA) is 190 Å². The van der Waals surface area contributed by atoms with Gasteiger partial charge in [-0.1, -0.05) is 12.1 Å². The van der Waals surface area contributed by atoms with Crippen molar-refractivity contribution in [1.29, 1.82) is 0 Å². The lowest BCUT2D eigenvalue weighted by molar-refractivity contribution is -0.185. The first-order valence-electron chi connectivity index (χ1n) is 14.6. The van der Waals surface area contributed by atoms with E-state index in [0.717, 1.165) is 37.9 Å². The first-order chi connectivity index (χ1) is 20.7. The number of phenols is 3. The van der Waals surface area contributed by atoms with Crippen LogP contribution in [0.2, 0.25) is 0 Å². The molecule has 12 nitrogen and oxygen atoms in total. The number of phenolic OH excluding ortho intramolecular Hbond substituents is 3. The van der Waals surface area contributed by atoms with E-state index in [9.17, 15) is 35.1 Å². The van der Waals surface area contributed by atoms with Gasteiger partial charge >= 0.3 is 0 Å². The zero-order valence-electron chi connectivity index (χ0n) is 24.2. The first kappa shape index (κ1) is 33.7. The fourth-order valence-corrected chi connectivity index (χ4v) is 4.47. The molecule has 2 unspecified atom stereocenters. The summed E-state index contributed by atoms with van der Waals surface area (Å²) in [5, 5.41) is 57.3. The lowest BCUT2D eigenvalue weighted by atomic mass is 10.1. The molecule has 8 N–H and O–H groups in total. The molecule has 0 aromatic heterocycles. The van der Waals surface area contributed by atoms with Gasteiger partial charge in [-0.2, -0.15) is 0 Å². The second-order valence-electron chi connectivity index (χ2n) is 10.4. The standard InChI is InChI=1S/C31H43N3O9/c35-20-24-18-23(36)19-31(42-24)43-28-9-5-22(17-27(28)39)7-11-30(41)34-15-3-13-32-12-1-2-14-33-29(40)10-6-21-4-8-25(37)26(38)16-21/h4-6,8-10,16-17,23-24,31-32,35-39H,1-3,7,11-15,18-20H2,(H,33,40)(H,34,41)/b10-6+/t23?,24-,31?/m0/s1. The molecule has 2 aromatic carbocycles. The number of rotatable bonds is 17. The Hall–Kier alpha value is -3.84. The van der Waals surface area contributed by atoms with Crippen LogP contribution in [0.3, 0.4) is 0 Å². The average molecular weight is 602 g/mol. The third-order valence-corrected chi connectivity index (χ3v) is 6.83. The monoisotopic (exact) mass is 601 g/mol. The Bertz CT molecular complexity index is 1210. The van der Waals surface area contributed by atoms with Crippen LogP contribution in [0.25, 0.3) is 6.08 Å². The lowest BCUT2D eigenvalue weighted by Crippen LogP contribution is -2.40. The van der Waals surface area contributed by atoms with E-state index in [2.05, 4.69) is 16.0 Å². The predicted molar refractivity (Wildman–Crippen MR) is 160 cm³/mol. The van der Waals surface area contributed by atoms with Crippen LogP contribution < -0.4 is 20.7 Å². The van der Waals surface area contributed by atoms with Crippen molar-refractivity contribution < 1.29 is 44.6 Å². The van der Waals surface area contributed by atoms with E-state index in [1.807, 2.05) is 0 Å². The van der Waals surface area contributed by atoms with Gasteiger partial charge in [0.25, 0.3) is 0 Å². The van der Waals surface area contributed by atoms with Crippen molar-refractivity contribution >= 4 is 17.9 Å². The highest BCUT2D eigenvalue weighted by Crippen LogP contribution is 2.31. The Balaban J connectivity index is 1.18. The zero-order chi connectivity index (χ0) is 31.0. The molecule has 236 valence electrons. The van der Waals surface area contributed by atoms with Crippen molar-refractivity contribution in [2.75, 3.05) is 32.8 Å². The van der Waals surface area contributed by atoms with Crippen LogP contribution in [0, 0.1) is 0 Å². The Morgan fingerprint density at radius 3 is 2.44 bits per heavy atom. The van der Waals surface area contributed by atoms with Crippen LogP contribution in [0.1, 0.15) is 49.7 Å². The van der Waals surface area contributed by atoms with Crippen LogP contribution in [0.15, 0.2) is 42.5 Å². The number of carbonyl (C=O) groups is 2. The third kappa shape index (κ3) is 12.5. The molecule has 0 saturated carbocycles. The summed E-state index contributed by atoms with van der Waals surface area (Å²) < 4.78 is 11.2. The highest BCUT2D eigenvalue weighted by atomic mass is 16.7. The van der Waals surface area contributed by atoms with Crippen LogP contribution in [-0.4, -0.2) is 88.6 Å². The van der Waals surface area contributed by atoms with Crippen molar-refractivity contribution in [2.45, 2.75) is 63.4 Å². The Labute approximate surface area is 251 Å². The summed E-state index contributed by atoms with van der Waals surface area (Å²) in [4.78, 5) is 24.1. The Morgan fingerprint density at radius 1 is 0.907 bits per heavy atom. The van der Waals surface area contributed by atoms with E-state index in [4.69, 9.17) is 9.47 Å². The summed E-state index contributed by atoms with van der Waals surface area (Å²) in [5.74, 6) is -0.632.